The van der Waals surface area contributed by atoms with Gasteiger partial charge in [0.05, 0.1) is 7.11 Å². The Kier molecular flexibility index (Phi) is 6.69. The first-order valence-corrected chi connectivity index (χ1v) is 8.82. The average Bonchev–Trinajstić information content (AvgIpc) is 2.91. The molecule has 1 aromatic heterocycles. The molecule has 1 unspecified atom stereocenters. The zero-order chi connectivity index (χ0) is 16.8. The van der Waals surface area contributed by atoms with Crippen LogP contribution < -0.4 is 10.1 Å². The summed E-state index contributed by atoms with van der Waals surface area (Å²) >= 11 is 12.8. The summed E-state index contributed by atoms with van der Waals surface area (Å²) in [5.41, 5.74) is 1.21. The van der Waals surface area contributed by atoms with E-state index >= 15 is 0 Å². The summed E-state index contributed by atoms with van der Waals surface area (Å²) in [4.78, 5) is 12.6. The first-order valence-electron chi connectivity index (χ1n) is 7.29. The van der Waals surface area contributed by atoms with Gasteiger partial charge >= 0.3 is 0 Å². The fourth-order valence-corrected chi connectivity index (χ4v) is 3.28. The molecule has 2 aromatic rings. The van der Waals surface area contributed by atoms with Crippen molar-refractivity contribution in [1.29, 1.82) is 0 Å². The highest BCUT2D eigenvalue weighted by Crippen LogP contribution is 2.28. The molecule has 0 saturated heterocycles. The van der Waals surface area contributed by atoms with E-state index in [-0.39, 0.29) is 22.1 Å². The lowest BCUT2D eigenvalue weighted by Crippen LogP contribution is -2.34. The molecule has 1 heterocycles. The topological polar surface area (TPSA) is 51.2 Å². The summed E-state index contributed by atoms with van der Waals surface area (Å²) in [6, 6.07) is 8.02. The van der Waals surface area contributed by atoms with Gasteiger partial charge in [-0.3, -0.25) is 4.79 Å². The van der Waals surface area contributed by atoms with Crippen LogP contribution in [0.5, 0.6) is 5.75 Å². The van der Waals surface area contributed by atoms with Crippen LogP contribution in [-0.4, -0.2) is 23.4 Å². The molecule has 1 amide bonds. The molecule has 23 heavy (non-hydrogen) atoms. The Balaban J connectivity index is 1.91. The van der Waals surface area contributed by atoms with Gasteiger partial charge < -0.3 is 10.1 Å². The number of methoxy groups -OCH3 is 1. The van der Waals surface area contributed by atoms with Crippen LogP contribution in [0.15, 0.2) is 24.3 Å². The fraction of sp³-hybridized carbons (Fsp3) is 0.375. The molecule has 1 atom stereocenters. The largest absolute Gasteiger partial charge is 0.497 e. The van der Waals surface area contributed by atoms with Gasteiger partial charge in [-0.2, -0.15) is 4.37 Å². The fourth-order valence-electron chi connectivity index (χ4n) is 2.16. The molecule has 0 aliphatic heterocycles. The minimum absolute atomic E-state index is 0.0709. The molecule has 1 aromatic carbocycles. The molecule has 0 saturated carbocycles. The Bertz CT molecular complexity index is 659. The first kappa shape index (κ1) is 18.0. The molecular formula is C16H18Cl2N2O2S. The highest BCUT2D eigenvalue weighted by molar-refractivity contribution is 7.09. The second-order valence-corrected chi connectivity index (χ2v) is 6.59. The minimum Gasteiger partial charge on any atom is -0.497 e. The summed E-state index contributed by atoms with van der Waals surface area (Å²) in [5, 5.41) is 3.39. The molecule has 0 aliphatic rings. The Morgan fingerprint density at radius 2 is 2.04 bits per heavy atom. The van der Waals surface area contributed by atoms with Crippen molar-refractivity contribution in [2.45, 2.75) is 32.2 Å². The van der Waals surface area contributed by atoms with Gasteiger partial charge in [-0.05, 0) is 48.5 Å². The van der Waals surface area contributed by atoms with Crippen molar-refractivity contribution in [3.8, 4) is 5.75 Å². The van der Waals surface area contributed by atoms with E-state index in [9.17, 15) is 4.79 Å². The van der Waals surface area contributed by atoms with Crippen molar-refractivity contribution in [2.24, 2.45) is 0 Å². The van der Waals surface area contributed by atoms with Crippen molar-refractivity contribution >= 4 is 40.6 Å². The number of hydrogen-bond acceptors (Lipinski definition) is 4. The average molecular weight is 373 g/mol. The van der Waals surface area contributed by atoms with E-state index in [1.807, 2.05) is 31.2 Å². The van der Waals surface area contributed by atoms with E-state index in [0.29, 0.717) is 4.88 Å². The molecule has 0 aliphatic carbocycles. The predicted molar refractivity (Wildman–Crippen MR) is 95.0 cm³/mol. The number of aromatic nitrogens is 1. The highest BCUT2D eigenvalue weighted by Gasteiger charge is 2.19. The number of ether oxygens (including phenoxy) is 1. The van der Waals surface area contributed by atoms with Crippen LogP contribution in [0.3, 0.4) is 0 Å². The molecule has 0 radical (unpaired) electrons. The molecule has 0 spiro atoms. The number of carbonyl (C=O) groups excluding carboxylic acids is 1. The quantitative estimate of drug-likeness (QED) is 0.772. The molecule has 4 nitrogen and oxygen atoms in total. The van der Waals surface area contributed by atoms with Crippen LogP contribution in [0.1, 0.15) is 35.0 Å². The van der Waals surface area contributed by atoms with E-state index in [1.165, 1.54) is 5.56 Å². The predicted octanol–water partition coefficient (Wildman–Crippen LogP) is 4.60. The number of benzene rings is 1. The van der Waals surface area contributed by atoms with Gasteiger partial charge in [-0.1, -0.05) is 42.3 Å². The van der Waals surface area contributed by atoms with E-state index in [1.54, 1.807) is 7.11 Å². The van der Waals surface area contributed by atoms with Gasteiger partial charge in [0.2, 0.25) is 0 Å². The summed E-state index contributed by atoms with van der Waals surface area (Å²) in [5.74, 6) is 0.617. The van der Waals surface area contributed by atoms with Crippen LogP contribution in [-0.2, 0) is 6.42 Å². The van der Waals surface area contributed by atoms with Crippen molar-refractivity contribution in [1.82, 2.24) is 9.69 Å². The van der Waals surface area contributed by atoms with Crippen LogP contribution >= 0.6 is 34.7 Å². The third-order valence-corrected chi connectivity index (χ3v) is 5.37. The highest BCUT2D eigenvalue weighted by atomic mass is 35.5. The normalized spacial score (nSPS) is 12.0. The second kappa shape index (κ2) is 8.52. The number of rotatable bonds is 7. The molecule has 2 rings (SSSR count). The van der Waals surface area contributed by atoms with Crippen LogP contribution in [0, 0.1) is 0 Å². The maximum absolute atomic E-state index is 12.2. The Morgan fingerprint density at radius 1 is 1.35 bits per heavy atom. The molecule has 7 heteroatoms. The zero-order valence-corrected chi connectivity index (χ0v) is 15.3. The SMILES string of the molecule is CCC(CCc1ccc(OC)cc1)NC(=O)c1snc(Cl)c1Cl. The van der Waals surface area contributed by atoms with E-state index < -0.39 is 0 Å². The third-order valence-electron chi connectivity index (χ3n) is 3.57. The molecule has 0 fully saturated rings. The Hall–Kier alpha value is -1.30. The van der Waals surface area contributed by atoms with E-state index in [4.69, 9.17) is 27.9 Å². The van der Waals surface area contributed by atoms with Crippen molar-refractivity contribution in [3.63, 3.8) is 0 Å². The van der Waals surface area contributed by atoms with Crippen LogP contribution in [0.2, 0.25) is 10.2 Å². The standard InChI is InChI=1S/C16H18Cl2N2O2S/c1-3-11(7-4-10-5-8-12(22-2)9-6-10)19-16(21)14-13(17)15(18)20-23-14/h5-6,8-9,11H,3-4,7H2,1-2H3,(H,19,21). The Labute approximate surface area is 149 Å². The van der Waals surface area contributed by atoms with E-state index in [2.05, 4.69) is 9.69 Å². The zero-order valence-electron chi connectivity index (χ0n) is 12.9. The van der Waals surface area contributed by atoms with Gasteiger partial charge in [0.1, 0.15) is 15.6 Å². The lowest BCUT2D eigenvalue weighted by atomic mass is 10.0. The molecular weight excluding hydrogens is 355 g/mol. The lowest BCUT2D eigenvalue weighted by molar-refractivity contribution is 0.0938. The van der Waals surface area contributed by atoms with E-state index in [0.717, 1.165) is 36.5 Å². The minimum atomic E-state index is -0.221. The van der Waals surface area contributed by atoms with Gasteiger partial charge in [-0.25, -0.2) is 0 Å². The second-order valence-electron chi connectivity index (χ2n) is 5.08. The number of aryl methyl sites for hydroxylation is 1. The molecule has 0 bridgehead atoms. The number of nitrogens with zero attached hydrogens (tertiary/aromatic N) is 1. The van der Waals surface area contributed by atoms with Gasteiger partial charge in [0.25, 0.3) is 5.91 Å². The summed E-state index contributed by atoms with van der Waals surface area (Å²) in [7, 11) is 1.65. The maximum Gasteiger partial charge on any atom is 0.264 e. The summed E-state index contributed by atoms with van der Waals surface area (Å²) < 4.78 is 9.03. The van der Waals surface area contributed by atoms with Crippen molar-refractivity contribution in [3.05, 3.63) is 44.9 Å². The van der Waals surface area contributed by atoms with Gasteiger partial charge in [0.15, 0.2) is 5.15 Å². The maximum atomic E-state index is 12.2. The number of nitrogens with one attached hydrogen (secondary N) is 1. The third kappa shape index (κ3) is 4.83. The van der Waals surface area contributed by atoms with Crippen molar-refractivity contribution < 1.29 is 9.53 Å². The monoisotopic (exact) mass is 372 g/mol. The van der Waals surface area contributed by atoms with Gasteiger partial charge in [0, 0.05) is 6.04 Å². The van der Waals surface area contributed by atoms with Crippen molar-refractivity contribution in [2.75, 3.05) is 7.11 Å². The number of amides is 1. The van der Waals surface area contributed by atoms with Gasteiger partial charge in [-0.15, -0.1) is 0 Å². The lowest BCUT2D eigenvalue weighted by Gasteiger charge is -2.16. The number of hydrogen-bond donors (Lipinski definition) is 1. The number of halogens is 2. The smallest absolute Gasteiger partial charge is 0.264 e. The number of carbonyl (C=O) groups is 1. The summed E-state index contributed by atoms with van der Waals surface area (Å²) in [6.45, 7) is 2.04. The Morgan fingerprint density at radius 3 is 2.57 bits per heavy atom. The molecule has 124 valence electrons. The van der Waals surface area contributed by atoms with Crippen LogP contribution in [0.4, 0.5) is 0 Å². The van der Waals surface area contributed by atoms with Crippen LogP contribution in [0.25, 0.3) is 0 Å². The molecule has 1 N–H and O–H groups in total. The summed E-state index contributed by atoms with van der Waals surface area (Å²) in [6.07, 6.45) is 2.56. The first-order chi connectivity index (χ1) is 11.0.